The lowest BCUT2D eigenvalue weighted by molar-refractivity contribution is -0.131. The lowest BCUT2D eigenvalue weighted by Gasteiger charge is -2.34. The zero-order chi connectivity index (χ0) is 38.0. The van der Waals surface area contributed by atoms with E-state index in [0.717, 1.165) is 16.8 Å². The molecule has 16 heteroatoms. The zero-order valence-corrected chi connectivity index (χ0v) is 31.4. The summed E-state index contributed by atoms with van der Waals surface area (Å²) in [6, 6.07) is 12.8. The maximum atomic E-state index is 13.8. The van der Waals surface area contributed by atoms with E-state index in [2.05, 4.69) is 21.0 Å². The number of carbonyl (C=O) groups excluding carboxylic acids is 3. The molecule has 0 bridgehead atoms. The van der Waals surface area contributed by atoms with Gasteiger partial charge in [0.1, 0.15) is 30.3 Å². The first-order valence-corrected chi connectivity index (χ1v) is 18.4. The summed E-state index contributed by atoms with van der Waals surface area (Å²) in [6.07, 6.45) is -2.61. The van der Waals surface area contributed by atoms with Crippen LogP contribution in [0.25, 0.3) is 0 Å². The smallest absolute Gasteiger partial charge is 0.407 e. The van der Waals surface area contributed by atoms with Gasteiger partial charge in [-0.3, -0.25) is 10.2 Å². The van der Waals surface area contributed by atoms with Crippen LogP contribution in [0.4, 0.5) is 9.59 Å². The Labute approximate surface area is 313 Å². The third-order valence-corrected chi connectivity index (χ3v) is 9.68. The number of nitrogens with zero attached hydrogens (tertiary/aromatic N) is 2. The molecule has 3 aromatic rings. The number of benzene rings is 2. The molecular formula is C37H49N5O10S. The number of fused-ring (bicyclic) bond motifs is 1. The molecule has 0 spiro atoms. The Morgan fingerprint density at radius 1 is 1.00 bits per heavy atom. The van der Waals surface area contributed by atoms with Crippen molar-refractivity contribution >= 4 is 29.4 Å². The number of ether oxygens (including phenoxy) is 6. The number of aliphatic hydroxyl groups is 1. The van der Waals surface area contributed by atoms with Crippen molar-refractivity contribution in [3.05, 3.63) is 76.2 Å². The summed E-state index contributed by atoms with van der Waals surface area (Å²) in [6.45, 7) is 6.56. The Kier molecular flexibility index (Phi) is 13.9. The number of methoxy groups -OCH3 is 2. The van der Waals surface area contributed by atoms with Crippen molar-refractivity contribution < 1.29 is 47.9 Å². The van der Waals surface area contributed by atoms with Crippen LogP contribution >= 0.6 is 11.3 Å². The molecule has 2 fully saturated rings. The maximum absolute atomic E-state index is 13.8. The number of alkyl carbamates (subject to hydrolysis) is 2. The minimum atomic E-state index is -1.21. The quantitative estimate of drug-likeness (QED) is 0.156. The second kappa shape index (κ2) is 18.5. The minimum Gasteiger partial charge on any atom is -0.497 e. The van der Waals surface area contributed by atoms with Crippen LogP contribution in [-0.2, 0) is 43.3 Å². The van der Waals surface area contributed by atoms with Crippen LogP contribution in [-0.4, -0.2) is 97.8 Å². The number of rotatable bonds is 16. The highest BCUT2D eigenvalue weighted by atomic mass is 32.1. The summed E-state index contributed by atoms with van der Waals surface area (Å²) >= 11 is 1.49. The number of aromatic nitrogens is 1. The molecule has 5 rings (SSSR count). The van der Waals surface area contributed by atoms with Crippen LogP contribution in [0.15, 0.2) is 59.4 Å². The fourth-order valence-electron chi connectivity index (χ4n) is 6.12. The molecule has 1 aromatic heterocycles. The number of nitrogens with one attached hydrogen (secondary N) is 3. The second-order valence-corrected chi connectivity index (χ2v) is 14.8. The molecule has 15 nitrogen and oxygen atoms in total. The molecule has 2 aromatic carbocycles. The molecule has 0 saturated carbocycles. The number of thiazole rings is 1. The van der Waals surface area contributed by atoms with Gasteiger partial charge in [0.05, 0.1) is 56.7 Å². The summed E-state index contributed by atoms with van der Waals surface area (Å²) < 4.78 is 32.9. The number of hydrogen-bond acceptors (Lipinski definition) is 13. The number of carbonyl (C=O) groups is 3. The van der Waals surface area contributed by atoms with Crippen molar-refractivity contribution in [2.45, 2.75) is 77.3 Å². The largest absolute Gasteiger partial charge is 0.497 e. The summed E-state index contributed by atoms with van der Waals surface area (Å²) in [5.74, 6) is 0.717. The highest BCUT2D eigenvalue weighted by Gasteiger charge is 2.44. The number of hydrogen-bond donors (Lipinski definition) is 4. The normalized spacial score (nSPS) is 19.8. The molecular weight excluding hydrogens is 706 g/mol. The van der Waals surface area contributed by atoms with Gasteiger partial charge in [-0.15, -0.1) is 11.3 Å². The number of aliphatic hydroxyl groups excluding tert-OH is 1. The van der Waals surface area contributed by atoms with E-state index in [0.29, 0.717) is 31.1 Å². The van der Waals surface area contributed by atoms with Gasteiger partial charge < -0.3 is 44.2 Å². The van der Waals surface area contributed by atoms with Gasteiger partial charge in [0.2, 0.25) is 0 Å². The van der Waals surface area contributed by atoms with Crippen LogP contribution in [0.1, 0.15) is 44.0 Å². The molecule has 3 amide bonds. The first-order chi connectivity index (χ1) is 25.4. The van der Waals surface area contributed by atoms with Gasteiger partial charge in [-0.25, -0.2) is 19.6 Å². The standard InChI is InChI=1S/C37H49N5O10S/c1-37(2,3)32(40-35(45)48-5)33(44)41-42(17-24-8-12-27(13-9-24)50-19-25-21-53-22-38-25)18-30(43)29(16-23-6-10-26(47-4)11-7-23)39-36(46)52-31-20-51-34-28(31)14-15-49-34/h6-13,21-22,28-32,34,43H,14-20H2,1-5H3,(H,39,46)(H,40,45)(H,41,44). The van der Waals surface area contributed by atoms with Gasteiger partial charge >= 0.3 is 12.2 Å². The van der Waals surface area contributed by atoms with Crippen molar-refractivity contribution in [3.8, 4) is 11.5 Å². The van der Waals surface area contributed by atoms with Crippen LogP contribution in [0.2, 0.25) is 0 Å². The highest BCUT2D eigenvalue weighted by molar-refractivity contribution is 7.07. The van der Waals surface area contributed by atoms with Crippen molar-refractivity contribution in [3.63, 3.8) is 0 Å². The third-order valence-electron chi connectivity index (χ3n) is 9.04. The lowest BCUT2D eigenvalue weighted by Crippen LogP contribution is -2.59. The minimum absolute atomic E-state index is 0.0603. The van der Waals surface area contributed by atoms with E-state index in [1.54, 1.807) is 29.8 Å². The van der Waals surface area contributed by atoms with Crippen molar-refractivity contribution in [2.24, 2.45) is 11.3 Å². The molecule has 2 saturated heterocycles. The summed E-state index contributed by atoms with van der Waals surface area (Å²) in [4.78, 5) is 43.6. The Morgan fingerprint density at radius 2 is 1.72 bits per heavy atom. The summed E-state index contributed by atoms with van der Waals surface area (Å²) in [7, 11) is 2.79. The van der Waals surface area contributed by atoms with Gasteiger partial charge in [0.25, 0.3) is 5.91 Å². The average molecular weight is 756 g/mol. The molecule has 2 aliphatic rings. The lowest BCUT2D eigenvalue weighted by atomic mass is 9.86. The SMILES string of the molecule is COC(=O)NC(C(=O)NN(Cc1ccc(OCc2cscn2)cc1)CC(O)C(Cc1ccc(OC)cc1)NC(=O)OC1COC2OCCC12)C(C)(C)C. The van der Waals surface area contributed by atoms with Crippen molar-refractivity contribution in [2.75, 3.05) is 34.0 Å². The maximum Gasteiger partial charge on any atom is 0.407 e. The first kappa shape index (κ1) is 39.7. The van der Waals surface area contributed by atoms with E-state index < -0.39 is 54.1 Å². The van der Waals surface area contributed by atoms with Crippen LogP contribution in [0, 0.1) is 11.3 Å². The molecule has 0 aliphatic carbocycles. The topological polar surface area (TPSA) is 179 Å². The Hall–Kier alpha value is -4.48. The van der Waals surface area contributed by atoms with Gasteiger partial charge in [0.15, 0.2) is 6.29 Å². The molecule has 6 unspecified atom stereocenters. The third kappa shape index (κ3) is 11.5. The van der Waals surface area contributed by atoms with Crippen LogP contribution < -0.4 is 25.5 Å². The molecule has 2 aliphatic heterocycles. The van der Waals surface area contributed by atoms with Gasteiger partial charge in [-0.1, -0.05) is 45.0 Å². The van der Waals surface area contributed by atoms with Gasteiger partial charge in [-0.05, 0) is 53.6 Å². The first-order valence-electron chi connectivity index (χ1n) is 17.4. The van der Waals surface area contributed by atoms with E-state index in [4.69, 9.17) is 28.4 Å². The van der Waals surface area contributed by atoms with E-state index in [1.807, 2.05) is 62.5 Å². The molecule has 0 radical (unpaired) electrons. The molecule has 3 heterocycles. The van der Waals surface area contributed by atoms with Crippen LogP contribution in [0.5, 0.6) is 11.5 Å². The fraction of sp³-hybridized carbons (Fsp3) is 0.514. The van der Waals surface area contributed by atoms with E-state index in [-0.39, 0.29) is 32.0 Å². The monoisotopic (exact) mass is 755 g/mol. The van der Waals surface area contributed by atoms with Crippen molar-refractivity contribution in [1.29, 1.82) is 0 Å². The van der Waals surface area contributed by atoms with E-state index in [9.17, 15) is 19.5 Å². The molecule has 53 heavy (non-hydrogen) atoms. The molecule has 6 atom stereocenters. The molecule has 288 valence electrons. The summed E-state index contributed by atoms with van der Waals surface area (Å²) in [5.41, 5.74) is 6.38. The predicted molar refractivity (Wildman–Crippen MR) is 194 cm³/mol. The fourth-order valence-corrected chi connectivity index (χ4v) is 6.67. The highest BCUT2D eigenvalue weighted by Crippen LogP contribution is 2.33. The summed E-state index contributed by atoms with van der Waals surface area (Å²) in [5, 5.41) is 20.8. The zero-order valence-electron chi connectivity index (χ0n) is 30.6. The second-order valence-electron chi connectivity index (χ2n) is 14.0. The number of hydrazine groups is 1. The Morgan fingerprint density at radius 3 is 2.38 bits per heavy atom. The average Bonchev–Trinajstić information content (AvgIpc) is 3.91. The Bertz CT molecular complexity index is 1620. The van der Waals surface area contributed by atoms with Crippen LogP contribution in [0.3, 0.4) is 0 Å². The van der Waals surface area contributed by atoms with E-state index in [1.165, 1.54) is 18.4 Å². The molecule has 4 N–H and O–H groups in total. The Balaban J connectivity index is 1.34. The van der Waals surface area contributed by atoms with Gasteiger partial charge in [-0.2, -0.15) is 0 Å². The van der Waals surface area contributed by atoms with Gasteiger partial charge in [0, 0.05) is 18.5 Å². The predicted octanol–water partition coefficient (Wildman–Crippen LogP) is 3.79. The van der Waals surface area contributed by atoms with E-state index >= 15 is 0 Å². The van der Waals surface area contributed by atoms with Crippen molar-refractivity contribution in [1.82, 2.24) is 26.1 Å². The number of amides is 3.